The maximum Gasteiger partial charge on any atom is 2.00 e. The zero-order chi connectivity index (χ0) is 21.8. The first-order valence-electron chi connectivity index (χ1n) is 11.1. The second-order valence-electron chi connectivity index (χ2n) is 8.07. The summed E-state index contributed by atoms with van der Waals surface area (Å²) in [7, 11) is 0. The number of fused-ring (bicyclic) bond motifs is 3. The molecule has 34 heavy (non-hydrogen) atoms. The molecule has 0 unspecified atom stereocenters. The molecule has 2 aromatic carbocycles. The van der Waals surface area contributed by atoms with Crippen LogP contribution in [0.15, 0.2) is 71.9 Å². The van der Waals surface area contributed by atoms with Gasteiger partial charge in [0.2, 0.25) is 0 Å². The number of aromatic nitrogens is 2. The van der Waals surface area contributed by atoms with E-state index in [0.717, 1.165) is 41.7 Å². The first kappa shape index (κ1) is 26.1. The molecule has 0 radical (unpaired) electrons. The molecule has 2 aromatic heterocycles. The topological polar surface area (TPSA) is 73.7 Å². The predicted molar refractivity (Wildman–Crippen MR) is 125 cm³/mol. The number of nitrogens with zero attached hydrogens (tertiary/aromatic N) is 4. The van der Waals surface area contributed by atoms with Crippen LogP contribution in [0.4, 0.5) is 5.69 Å². The largest absolute Gasteiger partial charge is 2.00 e. The van der Waals surface area contributed by atoms with Gasteiger partial charge in [-0.05, 0) is 62.3 Å². The molecule has 0 atom stereocenters. The van der Waals surface area contributed by atoms with E-state index in [2.05, 4.69) is 19.9 Å². The summed E-state index contributed by atoms with van der Waals surface area (Å²) in [5.41, 5.74) is 2.38. The van der Waals surface area contributed by atoms with Crippen LogP contribution in [-0.2, 0) is 20.4 Å². The van der Waals surface area contributed by atoms with E-state index in [4.69, 9.17) is 4.74 Å². The Morgan fingerprint density at radius 1 is 0.912 bits per heavy atom. The normalized spacial score (nSPS) is 14.4. The maximum atomic E-state index is 12.7. The fraction of sp³-hybridized carbons (Fsp3) is 0.269. The second kappa shape index (κ2) is 12.2. The molecule has 0 aliphatic carbocycles. The summed E-state index contributed by atoms with van der Waals surface area (Å²) in [5, 5.41) is 14.7. The van der Waals surface area contributed by atoms with E-state index in [0.29, 0.717) is 23.5 Å². The van der Waals surface area contributed by atoms with Crippen LogP contribution in [-0.4, -0.2) is 47.0 Å². The average molecular weight is 567 g/mol. The van der Waals surface area contributed by atoms with Gasteiger partial charge in [-0.15, -0.1) is 0 Å². The molecule has 0 bridgehead atoms. The minimum absolute atomic E-state index is 0. The van der Waals surface area contributed by atoms with Crippen LogP contribution in [0, 0.1) is 0 Å². The van der Waals surface area contributed by atoms with Gasteiger partial charge >= 0.3 is 20.4 Å². The Kier molecular flexibility index (Phi) is 9.38. The van der Waals surface area contributed by atoms with Crippen molar-refractivity contribution in [2.24, 2.45) is 4.99 Å². The minimum atomic E-state index is -0.376. The molecule has 6 nitrogen and oxygen atoms in total. The summed E-state index contributed by atoms with van der Waals surface area (Å²) in [4.78, 5) is 15.7. The fourth-order valence-electron chi connectivity index (χ4n) is 4.11. The van der Waals surface area contributed by atoms with Gasteiger partial charge in [0.25, 0.3) is 0 Å². The molecular formula is C26H25ClN4O2Pd. The van der Waals surface area contributed by atoms with Gasteiger partial charge in [0, 0.05) is 29.4 Å². The molecule has 1 aliphatic heterocycles. The number of ether oxygens (including phenoxy) is 1. The van der Waals surface area contributed by atoms with Crippen molar-refractivity contribution in [3.8, 4) is 5.75 Å². The average Bonchev–Trinajstić information content (AvgIpc) is 2.85. The molecule has 0 amide bonds. The third kappa shape index (κ3) is 6.11. The molecule has 5 rings (SSSR count). The molecule has 0 spiro atoms. The van der Waals surface area contributed by atoms with Gasteiger partial charge in [-0.2, -0.15) is 0 Å². The van der Waals surface area contributed by atoms with Gasteiger partial charge in [0.05, 0.1) is 22.4 Å². The monoisotopic (exact) mass is 566 g/mol. The zero-order valence-corrected chi connectivity index (χ0v) is 20.9. The van der Waals surface area contributed by atoms with Crippen LogP contribution < -0.4 is 22.3 Å². The van der Waals surface area contributed by atoms with Gasteiger partial charge in [-0.1, -0.05) is 30.7 Å². The van der Waals surface area contributed by atoms with Gasteiger partial charge in [-0.3, -0.25) is 14.9 Å². The number of hydrogen-bond acceptors (Lipinski definition) is 6. The third-order valence-corrected chi connectivity index (χ3v) is 5.84. The Balaban J connectivity index is 0.00000162. The SMILES string of the molecule is [Cl-].[O-]C(=Nc1ccc(OCCN2CCCCC2)cc1)c1ccc2ccc3cccnc3c2n1.[Pd+2]. The second-order valence-corrected chi connectivity index (χ2v) is 8.07. The number of hydrogen-bond donors (Lipinski definition) is 0. The predicted octanol–water partition coefficient (Wildman–Crippen LogP) is 1.09. The van der Waals surface area contributed by atoms with Crippen LogP contribution in [0.5, 0.6) is 5.75 Å². The number of rotatable bonds is 6. The first-order chi connectivity index (χ1) is 15.8. The van der Waals surface area contributed by atoms with Crippen molar-refractivity contribution in [3.63, 3.8) is 0 Å². The number of benzene rings is 2. The van der Waals surface area contributed by atoms with E-state index >= 15 is 0 Å². The van der Waals surface area contributed by atoms with E-state index < -0.39 is 0 Å². The van der Waals surface area contributed by atoms with Gasteiger partial charge < -0.3 is 22.3 Å². The van der Waals surface area contributed by atoms with Crippen molar-refractivity contribution in [1.82, 2.24) is 14.9 Å². The van der Waals surface area contributed by atoms with Crippen LogP contribution in [0.2, 0.25) is 0 Å². The van der Waals surface area contributed by atoms with Crippen LogP contribution >= 0.6 is 0 Å². The Labute approximate surface area is 219 Å². The summed E-state index contributed by atoms with van der Waals surface area (Å²) in [6.07, 6.45) is 5.63. The van der Waals surface area contributed by atoms with E-state index in [-0.39, 0.29) is 38.7 Å². The summed E-state index contributed by atoms with van der Waals surface area (Å²) < 4.78 is 5.85. The molecule has 4 aromatic rings. The molecule has 0 N–H and O–H groups in total. The Morgan fingerprint density at radius 2 is 1.62 bits per heavy atom. The van der Waals surface area contributed by atoms with Crippen molar-refractivity contribution >= 4 is 33.4 Å². The summed E-state index contributed by atoms with van der Waals surface area (Å²) in [6, 6.07) is 18.8. The number of halogens is 1. The van der Waals surface area contributed by atoms with Gasteiger partial charge in [0.1, 0.15) is 12.4 Å². The number of piperidine rings is 1. The van der Waals surface area contributed by atoms with Crippen molar-refractivity contribution < 1.29 is 42.7 Å². The fourth-order valence-corrected chi connectivity index (χ4v) is 4.11. The van der Waals surface area contributed by atoms with Crippen molar-refractivity contribution in [1.29, 1.82) is 0 Å². The van der Waals surface area contributed by atoms with E-state index in [1.165, 1.54) is 19.3 Å². The molecule has 8 heteroatoms. The van der Waals surface area contributed by atoms with E-state index in [1.54, 1.807) is 24.4 Å². The molecule has 1 aliphatic rings. The Morgan fingerprint density at radius 3 is 2.38 bits per heavy atom. The summed E-state index contributed by atoms with van der Waals surface area (Å²) in [6.45, 7) is 3.94. The quantitative estimate of drug-likeness (QED) is 0.151. The number of likely N-dealkylation sites (tertiary alicyclic amines) is 1. The Bertz CT molecular complexity index is 1260. The van der Waals surface area contributed by atoms with Crippen LogP contribution in [0.25, 0.3) is 21.8 Å². The van der Waals surface area contributed by atoms with Crippen LogP contribution in [0.1, 0.15) is 25.0 Å². The van der Waals surface area contributed by atoms with Crippen molar-refractivity contribution in [2.45, 2.75) is 19.3 Å². The third-order valence-electron chi connectivity index (χ3n) is 5.84. The molecule has 3 heterocycles. The first-order valence-corrected chi connectivity index (χ1v) is 11.1. The van der Waals surface area contributed by atoms with E-state index in [1.807, 2.05) is 42.5 Å². The molecule has 0 saturated carbocycles. The van der Waals surface area contributed by atoms with Gasteiger partial charge in [-0.25, -0.2) is 4.98 Å². The summed E-state index contributed by atoms with van der Waals surface area (Å²) in [5.74, 6) is 0.411. The number of aliphatic imine (C=N–C) groups is 1. The minimum Gasteiger partial charge on any atom is -1.00 e. The Hall–Kier alpha value is -2.56. The molecule has 1 fully saturated rings. The molecule has 178 valence electrons. The number of pyridine rings is 2. The molecular weight excluding hydrogens is 542 g/mol. The van der Waals surface area contributed by atoms with Crippen molar-refractivity contribution in [2.75, 3.05) is 26.2 Å². The van der Waals surface area contributed by atoms with Gasteiger partial charge in [0.15, 0.2) is 0 Å². The zero-order valence-electron chi connectivity index (χ0n) is 18.6. The summed E-state index contributed by atoms with van der Waals surface area (Å²) >= 11 is 0. The smallest absolute Gasteiger partial charge is 1.00 e. The maximum absolute atomic E-state index is 12.7. The van der Waals surface area contributed by atoms with E-state index in [9.17, 15) is 5.11 Å². The van der Waals surface area contributed by atoms with Crippen molar-refractivity contribution in [3.05, 3.63) is 72.6 Å². The standard InChI is InChI=1S/C26H26N4O2.ClH.Pd/c31-26(23-13-8-20-7-6-19-5-4-14-27-24(19)25(20)29-23)28-21-9-11-22(12-10-21)32-18-17-30-15-2-1-3-16-30;;/h4-14H,1-3,15-18H2,(H,28,31);1H;/q;;+2/p-2. The van der Waals surface area contributed by atoms with Crippen LogP contribution in [0.3, 0.4) is 0 Å². The molecule has 1 saturated heterocycles.